The molecule has 2 aliphatic heterocycles. The molecule has 1 aromatic rings. The van der Waals surface area contributed by atoms with E-state index < -0.39 is 5.91 Å². The second-order valence-electron chi connectivity index (χ2n) is 5.95. The third kappa shape index (κ3) is 2.60. The maximum Gasteiger partial charge on any atom is 0.269 e. The van der Waals surface area contributed by atoms with Gasteiger partial charge in [-0.2, -0.15) is 0 Å². The molecule has 3 rings (SSSR count). The van der Waals surface area contributed by atoms with Gasteiger partial charge in [0.05, 0.1) is 0 Å². The van der Waals surface area contributed by atoms with Gasteiger partial charge < -0.3 is 16.0 Å². The molecule has 2 aliphatic rings. The number of hydrogen-bond acceptors (Lipinski definition) is 5. The molecule has 1 spiro atoms. The minimum absolute atomic E-state index is 0.222. The van der Waals surface area contributed by atoms with Crippen molar-refractivity contribution in [3.05, 3.63) is 17.8 Å². The summed E-state index contributed by atoms with van der Waals surface area (Å²) in [7, 11) is 0. The van der Waals surface area contributed by atoms with Crippen molar-refractivity contribution in [2.45, 2.75) is 25.7 Å². The molecule has 1 atom stereocenters. The van der Waals surface area contributed by atoms with E-state index in [4.69, 9.17) is 5.73 Å². The minimum Gasteiger partial charge on any atom is -0.364 e. The molecule has 108 valence electrons. The zero-order valence-corrected chi connectivity index (χ0v) is 11.6. The Balaban J connectivity index is 1.74. The molecule has 20 heavy (non-hydrogen) atoms. The molecular formula is C14H21N5O. The van der Waals surface area contributed by atoms with Gasteiger partial charge in [0.15, 0.2) is 11.5 Å². The molecule has 3 N–H and O–H groups in total. The number of carbonyl (C=O) groups is 1. The molecule has 2 saturated heterocycles. The number of anilines is 1. The summed E-state index contributed by atoms with van der Waals surface area (Å²) < 4.78 is 0. The molecule has 6 nitrogen and oxygen atoms in total. The quantitative estimate of drug-likeness (QED) is 0.823. The van der Waals surface area contributed by atoms with Gasteiger partial charge in [0.25, 0.3) is 5.91 Å². The first-order chi connectivity index (χ1) is 9.69. The first-order valence-corrected chi connectivity index (χ1v) is 7.28. The second kappa shape index (κ2) is 5.36. The highest BCUT2D eigenvalue weighted by atomic mass is 16.1. The zero-order chi connectivity index (χ0) is 14.0. The highest BCUT2D eigenvalue weighted by Gasteiger charge is 2.36. The Morgan fingerprint density at radius 2 is 2.15 bits per heavy atom. The summed E-state index contributed by atoms with van der Waals surface area (Å²) in [5.41, 5.74) is 5.79. The topological polar surface area (TPSA) is 84.1 Å². The van der Waals surface area contributed by atoms with Crippen LogP contribution in [0.4, 0.5) is 5.82 Å². The predicted octanol–water partition coefficient (Wildman–Crippen LogP) is 0.545. The number of rotatable bonds is 2. The summed E-state index contributed by atoms with van der Waals surface area (Å²) in [6, 6.07) is 3.51. The Hall–Kier alpha value is -1.69. The third-order valence-electron chi connectivity index (χ3n) is 4.45. The fourth-order valence-electron chi connectivity index (χ4n) is 3.41. The maximum atomic E-state index is 11.0. The highest BCUT2D eigenvalue weighted by molar-refractivity contribution is 5.90. The van der Waals surface area contributed by atoms with Crippen LogP contribution < -0.4 is 16.0 Å². The molecule has 0 bridgehead atoms. The van der Waals surface area contributed by atoms with Gasteiger partial charge in [-0.25, -0.2) is 0 Å². The zero-order valence-electron chi connectivity index (χ0n) is 11.6. The molecule has 0 aromatic carbocycles. The first kappa shape index (κ1) is 13.3. The normalized spacial score (nSPS) is 26.7. The fraction of sp³-hybridized carbons (Fsp3) is 0.643. The number of amides is 1. The number of piperidine rings is 2. The lowest BCUT2D eigenvalue weighted by Crippen LogP contribution is -2.51. The van der Waals surface area contributed by atoms with Gasteiger partial charge >= 0.3 is 0 Å². The van der Waals surface area contributed by atoms with Crippen molar-refractivity contribution in [1.29, 1.82) is 0 Å². The second-order valence-corrected chi connectivity index (χ2v) is 5.95. The van der Waals surface area contributed by atoms with Crippen molar-refractivity contribution in [3.8, 4) is 0 Å². The van der Waals surface area contributed by atoms with Crippen LogP contribution in [-0.2, 0) is 0 Å². The molecule has 1 unspecified atom stereocenters. The van der Waals surface area contributed by atoms with Crippen LogP contribution in [0.25, 0.3) is 0 Å². The Morgan fingerprint density at radius 1 is 1.30 bits per heavy atom. The fourth-order valence-corrected chi connectivity index (χ4v) is 3.41. The van der Waals surface area contributed by atoms with Crippen molar-refractivity contribution in [3.63, 3.8) is 0 Å². The number of nitrogens with zero attached hydrogens (tertiary/aromatic N) is 3. The summed E-state index contributed by atoms with van der Waals surface area (Å²) in [4.78, 5) is 13.3. The van der Waals surface area contributed by atoms with Crippen LogP contribution in [0.2, 0.25) is 0 Å². The van der Waals surface area contributed by atoms with E-state index in [9.17, 15) is 4.79 Å². The van der Waals surface area contributed by atoms with E-state index in [1.165, 1.54) is 25.7 Å². The van der Waals surface area contributed by atoms with E-state index in [0.717, 1.165) is 32.0 Å². The largest absolute Gasteiger partial charge is 0.364 e. The third-order valence-corrected chi connectivity index (χ3v) is 4.45. The van der Waals surface area contributed by atoms with Crippen LogP contribution in [0.3, 0.4) is 0 Å². The average Bonchev–Trinajstić information content (AvgIpc) is 2.48. The monoisotopic (exact) mass is 275 g/mol. The van der Waals surface area contributed by atoms with Gasteiger partial charge in [0, 0.05) is 25.0 Å². The van der Waals surface area contributed by atoms with E-state index in [-0.39, 0.29) is 5.69 Å². The molecule has 3 heterocycles. The Morgan fingerprint density at radius 3 is 2.80 bits per heavy atom. The van der Waals surface area contributed by atoms with Crippen LogP contribution in [0.1, 0.15) is 36.2 Å². The molecule has 6 heteroatoms. The van der Waals surface area contributed by atoms with E-state index in [1.54, 1.807) is 6.07 Å². The smallest absolute Gasteiger partial charge is 0.269 e. The molecule has 1 aromatic heterocycles. The van der Waals surface area contributed by atoms with Crippen molar-refractivity contribution < 1.29 is 4.79 Å². The highest BCUT2D eigenvalue weighted by Crippen LogP contribution is 2.36. The van der Waals surface area contributed by atoms with E-state index >= 15 is 0 Å². The SMILES string of the molecule is NC(=O)c1ccc(N2CCCC3(CCCNC3)C2)nn1. The van der Waals surface area contributed by atoms with E-state index in [0.29, 0.717) is 5.41 Å². The van der Waals surface area contributed by atoms with Crippen LogP contribution >= 0.6 is 0 Å². The summed E-state index contributed by atoms with van der Waals surface area (Å²) in [5, 5.41) is 11.6. The standard InChI is InChI=1S/C14H21N5O/c15-13(20)11-3-4-12(18-17-11)19-8-2-6-14(10-19)5-1-7-16-9-14/h3-4,16H,1-2,5-10H2,(H2,15,20). The molecular weight excluding hydrogens is 254 g/mol. The molecule has 0 saturated carbocycles. The lowest BCUT2D eigenvalue weighted by atomic mass is 9.74. The average molecular weight is 275 g/mol. The lowest BCUT2D eigenvalue weighted by Gasteiger charge is -2.45. The number of nitrogens with two attached hydrogens (primary N) is 1. The molecule has 0 aliphatic carbocycles. The van der Waals surface area contributed by atoms with Crippen LogP contribution in [-0.4, -0.2) is 42.3 Å². The van der Waals surface area contributed by atoms with Crippen molar-refractivity contribution in [2.24, 2.45) is 11.1 Å². The molecule has 0 radical (unpaired) electrons. The molecule has 1 amide bonds. The summed E-state index contributed by atoms with van der Waals surface area (Å²) >= 11 is 0. The Labute approximate surface area is 118 Å². The van der Waals surface area contributed by atoms with Crippen LogP contribution in [0.15, 0.2) is 12.1 Å². The summed E-state index contributed by atoms with van der Waals surface area (Å²) in [5.74, 6) is 0.315. The lowest BCUT2D eigenvalue weighted by molar-refractivity contribution is 0.0994. The Bertz CT molecular complexity index is 475. The van der Waals surface area contributed by atoms with Crippen LogP contribution in [0, 0.1) is 5.41 Å². The summed E-state index contributed by atoms with van der Waals surface area (Å²) in [6.45, 7) is 4.25. The van der Waals surface area contributed by atoms with Gasteiger partial charge in [-0.1, -0.05) is 0 Å². The van der Waals surface area contributed by atoms with E-state index in [2.05, 4.69) is 20.4 Å². The van der Waals surface area contributed by atoms with Crippen molar-refractivity contribution >= 4 is 11.7 Å². The van der Waals surface area contributed by atoms with E-state index in [1.807, 2.05) is 6.07 Å². The minimum atomic E-state index is -0.532. The van der Waals surface area contributed by atoms with Crippen molar-refractivity contribution in [2.75, 3.05) is 31.1 Å². The van der Waals surface area contributed by atoms with Gasteiger partial charge in [0.1, 0.15) is 0 Å². The Kier molecular flexibility index (Phi) is 3.56. The van der Waals surface area contributed by atoms with Crippen molar-refractivity contribution in [1.82, 2.24) is 15.5 Å². The van der Waals surface area contributed by atoms with Gasteiger partial charge in [0.2, 0.25) is 0 Å². The van der Waals surface area contributed by atoms with Gasteiger partial charge in [-0.3, -0.25) is 4.79 Å². The predicted molar refractivity (Wildman–Crippen MR) is 76.5 cm³/mol. The van der Waals surface area contributed by atoms with Gasteiger partial charge in [-0.15, -0.1) is 10.2 Å². The number of aromatic nitrogens is 2. The first-order valence-electron chi connectivity index (χ1n) is 7.28. The maximum absolute atomic E-state index is 11.0. The summed E-state index contributed by atoms with van der Waals surface area (Å²) in [6.07, 6.45) is 4.99. The number of hydrogen-bond donors (Lipinski definition) is 2. The van der Waals surface area contributed by atoms with Crippen LogP contribution in [0.5, 0.6) is 0 Å². The molecule has 2 fully saturated rings. The number of primary amides is 1. The van der Waals surface area contributed by atoms with Gasteiger partial charge in [-0.05, 0) is 44.4 Å². The number of nitrogens with one attached hydrogen (secondary N) is 1. The number of carbonyl (C=O) groups excluding carboxylic acids is 1.